The topological polar surface area (TPSA) is 39.4 Å². The molecule has 0 aliphatic heterocycles. The Morgan fingerprint density at radius 2 is 2.50 bits per heavy atom. The van der Waals surface area contributed by atoms with Gasteiger partial charge in [0.1, 0.15) is 0 Å². The number of furan rings is 1. The number of esters is 1. The minimum atomic E-state index is -0.456. The summed E-state index contributed by atoms with van der Waals surface area (Å²) in [5, 5.41) is 0. The molecule has 1 heterocycles. The van der Waals surface area contributed by atoms with E-state index in [4.69, 9.17) is 9.15 Å². The van der Waals surface area contributed by atoms with Gasteiger partial charge in [0.25, 0.3) is 0 Å². The molecule has 0 saturated heterocycles. The van der Waals surface area contributed by atoms with E-state index < -0.39 is 5.97 Å². The number of hydrogen-bond acceptors (Lipinski definition) is 3. The van der Waals surface area contributed by atoms with E-state index in [1.54, 1.807) is 12.1 Å². The molecule has 0 aromatic carbocycles. The maximum absolute atomic E-state index is 11.2. The van der Waals surface area contributed by atoms with Gasteiger partial charge in [-0.2, -0.15) is 0 Å². The second-order valence-corrected chi connectivity index (χ2v) is 2.90. The predicted molar refractivity (Wildman–Crippen MR) is 52.8 cm³/mol. The van der Waals surface area contributed by atoms with Crippen LogP contribution in [0.3, 0.4) is 0 Å². The minimum absolute atomic E-state index is 0.227. The first-order valence-corrected chi connectivity index (χ1v) is 4.74. The highest BCUT2D eigenvalue weighted by molar-refractivity contribution is 5.86. The van der Waals surface area contributed by atoms with Crippen LogP contribution in [0.25, 0.3) is 0 Å². The van der Waals surface area contributed by atoms with Crippen LogP contribution in [-0.2, 0) is 4.74 Å². The molecule has 0 aliphatic rings. The number of hydrogen-bond donors (Lipinski definition) is 0. The molecule has 0 unspecified atom stereocenters. The highest BCUT2D eigenvalue weighted by Crippen LogP contribution is 2.03. The lowest BCUT2D eigenvalue weighted by atomic mass is 10.2. The third-order valence-electron chi connectivity index (χ3n) is 1.72. The third kappa shape index (κ3) is 3.47. The fourth-order valence-electron chi connectivity index (χ4n) is 0.953. The van der Waals surface area contributed by atoms with Crippen molar-refractivity contribution >= 4 is 5.97 Å². The number of allylic oxidation sites excluding steroid dienone is 1. The van der Waals surface area contributed by atoms with Gasteiger partial charge in [-0.15, -0.1) is 0 Å². The molecule has 1 aromatic rings. The van der Waals surface area contributed by atoms with Gasteiger partial charge in [-0.1, -0.05) is 13.3 Å². The summed E-state index contributed by atoms with van der Waals surface area (Å²) in [6.07, 6.45) is 7.87. The van der Waals surface area contributed by atoms with Crippen LogP contribution in [0.2, 0.25) is 0 Å². The molecule has 0 radical (unpaired) electrons. The maximum atomic E-state index is 11.2. The Morgan fingerprint density at radius 1 is 1.64 bits per heavy atom. The number of carbonyl (C=O) groups is 1. The van der Waals surface area contributed by atoms with Crippen molar-refractivity contribution in [2.24, 2.45) is 0 Å². The smallest absolute Gasteiger partial charge is 0.379 e. The molecule has 0 aliphatic carbocycles. The SMILES string of the molecule is CCCC/C=C/OC(=O)c1ccco1. The molecule has 0 fully saturated rings. The number of carbonyl (C=O) groups excluding carboxylic acids is 1. The van der Waals surface area contributed by atoms with E-state index in [1.165, 1.54) is 12.5 Å². The Bertz CT molecular complexity index is 285. The van der Waals surface area contributed by atoms with Gasteiger partial charge in [-0.05, 0) is 31.1 Å². The van der Waals surface area contributed by atoms with Gasteiger partial charge in [-0.3, -0.25) is 0 Å². The van der Waals surface area contributed by atoms with Gasteiger partial charge in [0.05, 0.1) is 12.5 Å². The van der Waals surface area contributed by atoms with Crippen LogP contribution in [0.15, 0.2) is 35.2 Å². The van der Waals surface area contributed by atoms with Crippen LogP contribution in [0.5, 0.6) is 0 Å². The molecule has 0 amide bonds. The summed E-state index contributed by atoms with van der Waals surface area (Å²) >= 11 is 0. The highest BCUT2D eigenvalue weighted by atomic mass is 16.5. The highest BCUT2D eigenvalue weighted by Gasteiger charge is 2.07. The molecule has 76 valence electrons. The molecule has 0 spiro atoms. The third-order valence-corrected chi connectivity index (χ3v) is 1.72. The van der Waals surface area contributed by atoms with Crippen molar-refractivity contribution < 1.29 is 13.9 Å². The molecule has 0 atom stereocenters. The fourth-order valence-corrected chi connectivity index (χ4v) is 0.953. The molecular formula is C11H14O3. The Kier molecular flexibility index (Phi) is 4.55. The van der Waals surface area contributed by atoms with Crippen molar-refractivity contribution in [1.29, 1.82) is 0 Å². The fraction of sp³-hybridized carbons (Fsp3) is 0.364. The first-order valence-electron chi connectivity index (χ1n) is 4.74. The van der Waals surface area contributed by atoms with Gasteiger partial charge in [0, 0.05) is 0 Å². The van der Waals surface area contributed by atoms with E-state index in [9.17, 15) is 4.79 Å². The van der Waals surface area contributed by atoms with Crippen LogP contribution in [0, 0.1) is 0 Å². The molecule has 14 heavy (non-hydrogen) atoms. The zero-order valence-electron chi connectivity index (χ0n) is 8.23. The van der Waals surface area contributed by atoms with Crippen molar-refractivity contribution in [2.75, 3.05) is 0 Å². The summed E-state index contributed by atoms with van der Waals surface area (Å²) in [4.78, 5) is 11.2. The molecule has 3 nitrogen and oxygen atoms in total. The van der Waals surface area contributed by atoms with Gasteiger partial charge in [0.15, 0.2) is 0 Å². The molecule has 0 saturated carbocycles. The van der Waals surface area contributed by atoms with E-state index in [-0.39, 0.29) is 5.76 Å². The minimum Gasteiger partial charge on any atom is -0.457 e. The van der Waals surface area contributed by atoms with E-state index in [0.717, 1.165) is 19.3 Å². The van der Waals surface area contributed by atoms with Crippen LogP contribution < -0.4 is 0 Å². The second-order valence-electron chi connectivity index (χ2n) is 2.90. The quantitative estimate of drug-likeness (QED) is 0.410. The molecule has 1 aromatic heterocycles. The Hall–Kier alpha value is -1.51. The van der Waals surface area contributed by atoms with Crippen LogP contribution in [-0.4, -0.2) is 5.97 Å². The summed E-state index contributed by atoms with van der Waals surface area (Å²) in [6.45, 7) is 2.11. The van der Waals surface area contributed by atoms with Crippen molar-refractivity contribution in [1.82, 2.24) is 0 Å². The van der Waals surface area contributed by atoms with Gasteiger partial charge < -0.3 is 9.15 Å². The second kappa shape index (κ2) is 6.02. The first-order chi connectivity index (χ1) is 6.84. The summed E-state index contributed by atoms with van der Waals surface area (Å²) in [7, 11) is 0. The number of unbranched alkanes of at least 4 members (excludes halogenated alkanes) is 2. The van der Waals surface area contributed by atoms with Gasteiger partial charge in [0.2, 0.25) is 5.76 Å². The predicted octanol–water partition coefficient (Wildman–Crippen LogP) is 3.14. The van der Waals surface area contributed by atoms with Gasteiger partial charge >= 0.3 is 5.97 Å². The van der Waals surface area contributed by atoms with E-state index in [1.807, 2.05) is 6.08 Å². The van der Waals surface area contributed by atoms with Crippen LogP contribution in [0.4, 0.5) is 0 Å². The summed E-state index contributed by atoms with van der Waals surface area (Å²) in [5.41, 5.74) is 0. The lowest BCUT2D eigenvalue weighted by Crippen LogP contribution is -1.97. The average Bonchev–Trinajstić information content (AvgIpc) is 2.70. The number of rotatable bonds is 5. The molecule has 1 rings (SSSR count). The number of ether oxygens (including phenoxy) is 1. The van der Waals surface area contributed by atoms with Crippen molar-refractivity contribution in [3.8, 4) is 0 Å². The Morgan fingerprint density at radius 3 is 3.14 bits per heavy atom. The molecule has 3 heteroatoms. The maximum Gasteiger partial charge on any atom is 0.379 e. The van der Waals surface area contributed by atoms with Crippen molar-refractivity contribution in [3.05, 3.63) is 36.5 Å². The lowest BCUT2D eigenvalue weighted by Gasteiger charge is -1.94. The lowest BCUT2D eigenvalue weighted by molar-refractivity contribution is 0.0627. The standard InChI is InChI=1S/C11H14O3/c1-2-3-4-5-8-14-11(12)10-7-6-9-13-10/h5-9H,2-4H2,1H3/b8-5+. The largest absolute Gasteiger partial charge is 0.457 e. The first kappa shape index (κ1) is 10.6. The zero-order chi connectivity index (χ0) is 10.2. The monoisotopic (exact) mass is 194 g/mol. The van der Waals surface area contributed by atoms with Crippen molar-refractivity contribution in [2.45, 2.75) is 26.2 Å². The van der Waals surface area contributed by atoms with Crippen LogP contribution >= 0.6 is 0 Å². The molecule has 0 N–H and O–H groups in total. The zero-order valence-corrected chi connectivity index (χ0v) is 8.23. The normalized spacial score (nSPS) is 10.6. The van der Waals surface area contributed by atoms with E-state index >= 15 is 0 Å². The Labute approximate surface area is 83.4 Å². The van der Waals surface area contributed by atoms with Gasteiger partial charge in [-0.25, -0.2) is 4.79 Å². The molecular weight excluding hydrogens is 180 g/mol. The molecule has 0 bridgehead atoms. The van der Waals surface area contributed by atoms with E-state index in [0.29, 0.717) is 0 Å². The summed E-state index contributed by atoms with van der Waals surface area (Å²) in [6, 6.07) is 3.22. The Balaban J connectivity index is 2.25. The average molecular weight is 194 g/mol. The summed E-state index contributed by atoms with van der Waals surface area (Å²) in [5.74, 6) is -0.229. The van der Waals surface area contributed by atoms with Crippen LogP contribution in [0.1, 0.15) is 36.7 Å². The summed E-state index contributed by atoms with van der Waals surface area (Å²) < 4.78 is 9.68. The van der Waals surface area contributed by atoms with E-state index in [2.05, 4.69) is 6.92 Å². The van der Waals surface area contributed by atoms with Crippen molar-refractivity contribution in [3.63, 3.8) is 0 Å².